The summed E-state index contributed by atoms with van der Waals surface area (Å²) in [7, 11) is 2.98. The fourth-order valence-corrected chi connectivity index (χ4v) is 5.32. The summed E-state index contributed by atoms with van der Waals surface area (Å²) in [4.78, 5) is 71.8. The summed E-state index contributed by atoms with van der Waals surface area (Å²) in [5.74, 6) is -1.82. The molecule has 5 N–H and O–H groups in total. The van der Waals surface area contributed by atoms with Crippen molar-refractivity contribution in [3.8, 4) is 17.2 Å². The second-order valence-corrected chi connectivity index (χ2v) is 12.4. The second kappa shape index (κ2) is 19.5. The number of hydrogen-bond acceptors (Lipinski definition) is 9. The quantitative estimate of drug-likeness (QED) is 0.167. The Morgan fingerprint density at radius 1 is 0.627 bits per heavy atom. The monoisotopic (exact) mass is 704 g/mol. The maximum absolute atomic E-state index is 14.2. The summed E-state index contributed by atoms with van der Waals surface area (Å²) >= 11 is 0. The van der Waals surface area contributed by atoms with Crippen LogP contribution < -0.4 is 20.9 Å². The van der Waals surface area contributed by atoms with Gasteiger partial charge in [0.25, 0.3) is 0 Å². The zero-order valence-electron chi connectivity index (χ0n) is 29.6. The number of methoxy groups -OCH3 is 2. The Balaban J connectivity index is 1.98. The van der Waals surface area contributed by atoms with Gasteiger partial charge >= 0.3 is 0 Å². The Hall–Kier alpha value is -5.63. The third-order valence-electron chi connectivity index (χ3n) is 7.84. The third kappa shape index (κ3) is 12.6. The standard InChI is InChI=1S/C37H48N6O8/c1-26(2)18-40(34(46)17-38)23-36(48)43(21-29-12-15-31(50-3)32(16-29)51-4)25-37(49)42(20-28-10-13-30(44)14-11-28)24-35(47)41(22-33(39)45)19-27-8-6-5-7-9-27/h5-16,26,44H,17-25,38H2,1-4H3,(H2,39,45). The number of phenols is 1. The van der Waals surface area contributed by atoms with Gasteiger partial charge in [-0.3, -0.25) is 24.0 Å². The molecule has 0 bridgehead atoms. The summed E-state index contributed by atoms with van der Waals surface area (Å²) < 4.78 is 10.8. The molecule has 0 saturated carbocycles. The van der Waals surface area contributed by atoms with Gasteiger partial charge in [0.1, 0.15) is 18.8 Å². The van der Waals surface area contributed by atoms with Crippen LogP contribution in [0, 0.1) is 5.92 Å². The number of nitrogens with two attached hydrogens (primary N) is 2. The molecular weight excluding hydrogens is 656 g/mol. The van der Waals surface area contributed by atoms with Crippen LogP contribution in [0.15, 0.2) is 72.8 Å². The second-order valence-electron chi connectivity index (χ2n) is 12.4. The number of carbonyl (C=O) groups is 5. The van der Waals surface area contributed by atoms with Crippen LogP contribution in [0.2, 0.25) is 0 Å². The maximum atomic E-state index is 14.2. The highest BCUT2D eigenvalue weighted by Crippen LogP contribution is 2.28. The Morgan fingerprint density at radius 3 is 1.59 bits per heavy atom. The molecule has 51 heavy (non-hydrogen) atoms. The van der Waals surface area contributed by atoms with Crippen molar-refractivity contribution in [3.05, 3.63) is 89.5 Å². The number of hydrogen-bond donors (Lipinski definition) is 3. The van der Waals surface area contributed by atoms with Gasteiger partial charge < -0.3 is 45.6 Å². The van der Waals surface area contributed by atoms with Gasteiger partial charge in [-0.15, -0.1) is 0 Å². The topological polar surface area (TPSA) is 189 Å². The summed E-state index contributed by atoms with van der Waals surface area (Å²) in [6, 6.07) is 20.3. The lowest BCUT2D eigenvalue weighted by Gasteiger charge is -2.31. The average molecular weight is 705 g/mol. The summed E-state index contributed by atoms with van der Waals surface area (Å²) in [6.45, 7) is 2.18. The average Bonchev–Trinajstić information content (AvgIpc) is 3.10. The molecule has 14 nitrogen and oxygen atoms in total. The minimum atomic E-state index is -0.722. The van der Waals surface area contributed by atoms with Crippen LogP contribution in [0.3, 0.4) is 0 Å². The summed E-state index contributed by atoms with van der Waals surface area (Å²) in [5, 5.41) is 9.83. The first-order valence-electron chi connectivity index (χ1n) is 16.5. The first-order valence-corrected chi connectivity index (χ1v) is 16.5. The van der Waals surface area contributed by atoms with Crippen molar-refractivity contribution in [3.63, 3.8) is 0 Å². The van der Waals surface area contributed by atoms with E-state index in [1.807, 2.05) is 19.9 Å². The van der Waals surface area contributed by atoms with E-state index in [2.05, 4.69) is 0 Å². The van der Waals surface area contributed by atoms with Crippen molar-refractivity contribution in [2.75, 3.05) is 53.5 Å². The molecule has 0 unspecified atom stereocenters. The molecule has 0 aliphatic rings. The molecule has 0 aliphatic carbocycles. The van der Waals surface area contributed by atoms with Gasteiger partial charge in [0, 0.05) is 26.2 Å². The summed E-state index contributed by atoms with van der Waals surface area (Å²) in [5.41, 5.74) is 13.1. The normalized spacial score (nSPS) is 10.7. The molecule has 0 heterocycles. The van der Waals surface area contributed by atoms with E-state index >= 15 is 0 Å². The van der Waals surface area contributed by atoms with E-state index in [4.69, 9.17) is 20.9 Å². The molecule has 0 fully saturated rings. The molecule has 0 aromatic heterocycles. The number of rotatable bonds is 19. The molecule has 0 atom stereocenters. The highest BCUT2D eigenvalue weighted by Gasteiger charge is 2.28. The van der Waals surface area contributed by atoms with Gasteiger partial charge in [0.15, 0.2) is 11.5 Å². The lowest BCUT2D eigenvalue weighted by Crippen LogP contribution is -2.50. The van der Waals surface area contributed by atoms with Crippen LogP contribution >= 0.6 is 0 Å². The molecule has 0 saturated heterocycles. The lowest BCUT2D eigenvalue weighted by molar-refractivity contribution is -0.147. The zero-order chi connectivity index (χ0) is 37.5. The van der Waals surface area contributed by atoms with Crippen LogP contribution in [0.4, 0.5) is 0 Å². The summed E-state index contributed by atoms with van der Waals surface area (Å²) in [6.07, 6.45) is 0. The van der Waals surface area contributed by atoms with Gasteiger partial charge in [0.2, 0.25) is 29.5 Å². The number of primary amides is 1. The molecule has 14 heteroatoms. The van der Waals surface area contributed by atoms with Gasteiger partial charge in [-0.1, -0.05) is 62.4 Å². The van der Waals surface area contributed by atoms with Crippen LogP contribution in [-0.2, 0) is 43.6 Å². The lowest BCUT2D eigenvalue weighted by atomic mass is 10.1. The third-order valence-corrected chi connectivity index (χ3v) is 7.84. The van der Waals surface area contributed by atoms with E-state index in [0.29, 0.717) is 22.6 Å². The zero-order valence-corrected chi connectivity index (χ0v) is 29.6. The molecule has 0 aliphatic heterocycles. The van der Waals surface area contributed by atoms with Crippen molar-refractivity contribution >= 4 is 29.5 Å². The van der Waals surface area contributed by atoms with Crippen molar-refractivity contribution in [1.82, 2.24) is 19.6 Å². The molecular formula is C37H48N6O8. The minimum absolute atomic E-state index is 0.0212. The fourth-order valence-electron chi connectivity index (χ4n) is 5.32. The van der Waals surface area contributed by atoms with Crippen LogP contribution in [0.25, 0.3) is 0 Å². The molecule has 3 rings (SSSR count). The SMILES string of the molecule is COc1ccc(CN(CC(=O)N(CC(=O)N(CC(N)=O)Cc2ccccc2)Cc2ccc(O)cc2)C(=O)CN(CC(C)C)C(=O)CN)cc1OC. The number of ether oxygens (including phenoxy) is 2. The van der Waals surface area contributed by atoms with Gasteiger partial charge in [0.05, 0.1) is 33.9 Å². The number of carbonyl (C=O) groups excluding carboxylic acids is 5. The maximum Gasteiger partial charge on any atom is 0.242 e. The molecule has 5 amide bonds. The Morgan fingerprint density at radius 2 is 1.10 bits per heavy atom. The van der Waals surface area contributed by atoms with Gasteiger partial charge in [-0.25, -0.2) is 0 Å². The van der Waals surface area contributed by atoms with Crippen molar-refractivity contribution < 1.29 is 38.6 Å². The molecule has 0 radical (unpaired) electrons. The van der Waals surface area contributed by atoms with Crippen LogP contribution in [0.1, 0.15) is 30.5 Å². The van der Waals surface area contributed by atoms with E-state index < -0.39 is 42.6 Å². The van der Waals surface area contributed by atoms with Crippen LogP contribution in [0.5, 0.6) is 17.2 Å². The fraction of sp³-hybridized carbons (Fsp3) is 0.378. The largest absolute Gasteiger partial charge is 0.508 e. The van der Waals surface area contributed by atoms with E-state index in [1.165, 1.54) is 46.0 Å². The number of benzene rings is 3. The van der Waals surface area contributed by atoms with E-state index in [9.17, 15) is 29.1 Å². The smallest absolute Gasteiger partial charge is 0.242 e. The van der Waals surface area contributed by atoms with Gasteiger partial charge in [-0.2, -0.15) is 0 Å². The van der Waals surface area contributed by atoms with Crippen LogP contribution in [-0.4, -0.2) is 108 Å². The van der Waals surface area contributed by atoms with E-state index in [-0.39, 0.29) is 57.5 Å². The van der Waals surface area contributed by atoms with Crippen molar-refractivity contribution in [1.29, 1.82) is 0 Å². The molecule has 3 aromatic carbocycles. The van der Waals surface area contributed by atoms with Gasteiger partial charge in [-0.05, 0) is 46.9 Å². The molecule has 3 aromatic rings. The number of aromatic hydroxyl groups is 1. The van der Waals surface area contributed by atoms with Crippen molar-refractivity contribution in [2.45, 2.75) is 33.5 Å². The predicted molar refractivity (Wildman–Crippen MR) is 190 cm³/mol. The highest BCUT2D eigenvalue weighted by molar-refractivity contribution is 5.91. The van der Waals surface area contributed by atoms with Crippen molar-refractivity contribution in [2.24, 2.45) is 17.4 Å². The van der Waals surface area contributed by atoms with E-state index in [1.54, 1.807) is 54.6 Å². The first kappa shape index (κ1) is 39.8. The number of nitrogens with zero attached hydrogens (tertiary/aromatic N) is 4. The Labute approximate surface area is 298 Å². The predicted octanol–water partition coefficient (Wildman–Crippen LogP) is 1.72. The first-order chi connectivity index (χ1) is 24.3. The Kier molecular flexibility index (Phi) is 15.2. The number of phenolic OH excluding ortho intramolecular Hbond substituents is 1. The molecule has 0 spiro atoms. The number of amides is 5. The minimum Gasteiger partial charge on any atom is -0.508 e. The highest BCUT2D eigenvalue weighted by atomic mass is 16.5. The molecule has 274 valence electrons. The Bertz CT molecular complexity index is 1630. The van der Waals surface area contributed by atoms with E-state index in [0.717, 1.165) is 5.56 Å².